The second kappa shape index (κ2) is 7.74. The standard InChI is InChI=1S/C15H22N4O3S/c20-13(11-4-2-1-3-5-11)17-18-14(21)12-10-23-15(16-12)19-6-8-22-9-7-19/h10-11H,1-9H2,(H,17,20)(H,18,21). The average molecular weight is 338 g/mol. The topological polar surface area (TPSA) is 83.6 Å². The van der Waals surface area contributed by atoms with Gasteiger partial charge in [-0.3, -0.25) is 20.4 Å². The first kappa shape index (κ1) is 16.2. The fourth-order valence-corrected chi connectivity index (χ4v) is 3.78. The summed E-state index contributed by atoms with van der Waals surface area (Å²) in [5.41, 5.74) is 5.34. The molecule has 1 saturated carbocycles. The normalized spacial score (nSPS) is 19.4. The van der Waals surface area contributed by atoms with Crippen LogP contribution in [0.3, 0.4) is 0 Å². The zero-order valence-corrected chi connectivity index (χ0v) is 13.9. The van der Waals surface area contributed by atoms with Crippen LogP contribution < -0.4 is 15.8 Å². The number of amides is 2. The molecule has 0 spiro atoms. The van der Waals surface area contributed by atoms with Crippen LogP contribution in [0.2, 0.25) is 0 Å². The predicted molar refractivity (Wildman–Crippen MR) is 87.3 cm³/mol. The molecule has 2 heterocycles. The fourth-order valence-electron chi connectivity index (χ4n) is 2.92. The van der Waals surface area contributed by atoms with Crippen molar-refractivity contribution in [2.75, 3.05) is 31.2 Å². The number of rotatable bonds is 3. The van der Waals surface area contributed by atoms with Gasteiger partial charge < -0.3 is 9.64 Å². The van der Waals surface area contributed by atoms with Gasteiger partial charge in [0.1, 0.15) is 5.69 Å². The van der Waals surface area contributed by atoms with Crippen LogP contribution in [0.5, 0.6) is 0 Å². The first-order chi connectivity index (χ1) is 11.2. The summed E-state index contributed by atoms with van der Waals surface area (Å²) in [5.74, 6) is -0.449. The maximum atomic E-state index is 12.1. The smallest absolute Gasteiger partial charge is 0.289 e. The Morgan fingerprint density at radius 3 is 2.65 bits per heavy atom. The van der Waals surface area contributed by atoms with Gasteiger partial charge in [0.25, 0.3) is 5.91 Å². The van der Waals surface area contributed by atoms with Gasteiger partial charge in [0, 0.05) is 24.4 Å². The van der Waals surface area contributed by atoms with E-state index in [1.54, 1.807) is 5.38 Å². The number of thiazole rings is 1. The third-order valence-electron chi connectivity index (χ3n) is 4.28. The van der Waals surface area contributed by atoms with Crippen molar-refractivity contribution in [2.45, 2.75) is 32.1 Å². The van der Waals surface area contributed by atoms with Crippen molar-refractivity contribution >= 4 is 28.3 Å². The van der Waals surface area contributed by atoms with Gasteiger partial charge in [0.05, 0.1) is 13.2 Å². The highest BCUT2D eigenvalue weighted by atomic mass is 32.1. The van der Waals surface area contributed by atoms with E-state index in [4.69, 9.17) is 4.74 Å². The molecule has 1 aromatic rings. The highest BCUT2D eigenvalue weighted by molar-refractivity contribution is 7.13. The molecular formula is C15H22N4O3S. The number of aromatic nitrogens is 1. The van der Waals surface area contributed by atoms with E-state index in [0.717, 1.165) is 43.9 Å². The number of anilines is 1. The third kappa shape index (κ3) is 4.20. The molecule has 0 radical (unpaired) electrons. The lowest BCUT2D eigenvalue weighted by molar-refractivity contribution is -0.126. The van der Waals surface area contributed by atoms with E-state index in [0.29, 0.717) is 18.9 Å². The number of carbonyl (C=O) groups is 2. The maximum Gasteiger partial charge on any atom is 0.289 e. The molecule has 7 nitrogen and oxygen atoms in total. The summed E-state index contributed by atoms with van der Waals surface area (Å²) in [7, 11) is 0. The minimum Gasteiger partial charge on any atom is -0.378 e. The SMILES string of the molecule is O=C(NNC(=O)C1CCCCC1)c1csc(N2CCOCC2)n1. The van der Waals surface area contributed by atoms with Crippen molar-refractivity contribution in [1.82, 2.24) is 15.8 Å². The van der Waals surface area contributed by atoms with Gasteiger partial charge in [-0.2, -0.15) is 0 Å². The van der Waals surface area contributed by atoms with Crippen molar-refractivity contribution in [3.05, 3.63) is 11.1 Å². The third-order valence-corrected chi connectivity index (χ3v) is 5.18. The Balaban J connectivity index is 1.50. The summed E-state index contributed by atoms with van der Waals surface area (Å²) in [6.07, 6.45) is 5.17. The van der Waals surface area contributed by atoms with Gasteiger partial charge in [0.15, 0.2) is 5.13 Å². The lowest BCUT2D eigenvalue weighted by Crippen LogP contribution is -2.45. The molecule has 23 heavy (non-hydrogen) atoms. The van der Waals surface area contributed by atoms with E-state index < -0.39 is 0 Å². The van der Waals surface area contributed by atoms with Crippen LogP contribution in [0.4, 0.5) is 5.13 Å². The zero-order valence-electron chi connectivity index (χ0n) is 13.0. The Bertz CT molecular complexity index is 551. The van der Waals surface area contributed by atoms with Crippen LogP contribution >= 0.6 is 11.3 Å². The molecule has 2 fully saturated rings. The van der Waals surface area contributed by atoms with E-state index in [1.165, 1.54) is 17.8 Å². The number of ether oxygens (including phenoxy) is 1. The molecule has 1 saturated heterocycles. The number of morpholine rings is 1. The Labute approximate surface area is 139 Å². The zero-order chi connectivity index (χ0) is 16.1. The summed E-state index contributed by atoms with van der Waals surface area (Å²) in [6.45, 7) is 2.93. The van der Waals surface area contributed by atoms with Gasteiger partial charge in [-0.1, -0.05) is 19.3 Å². The van der Waals surface area contributed by atoms with Gasteiger partial charge >= 0.3 is 0 Å². The molecule has 2 amide bonds. The fraction of sp³-hybridized carbons (Fsp3) is 0.667. The summed E-state index contributed by atoms with van der Waals surface area (Å²) in [4.78, 5) is 30.6. The second-order valence-corrected chi connectivity index (χ2v) is 6.73. The van der Waals surface area contributed by atoms with Gasteiger partial charge in [-0.05, 0) is 12.8 Å². The van der Waals surface area contributed by atoms with Gasteiger partial charge in [0.2, 0.25) is 5.91 Å². The molecule has 2 N–H and O–H groups in total. The number of carbonyl (C=O) groups excluding carboxylic acids is 2. The van der Waals surface area contributed by atoms with Crippen molar-refractivity contribution in [3.63, 3.8) is 0 Å². The number of hydrogen-bond acceptors (Lipinski definition) is 6. The Kier molecular flexibility index (Phi) is 5.45. The monoisotopic (exact) mass is 338 g/mol. The molecule has 2 aliphatic rings. The highest BCUT2D eigenvalue weighted by Gasteiger charge is 2.22. The lowest BCUT2D eigenvalue weighted by atomic mass is 9.89. The summed E-state index contributed by atoms with van der Waals surface area (Å²) >= 11 is 1.43. The molecule has 0 aromatic carbocycles. The minimum absolute atomic E-state index is 0.0170. The van der Waals surface area contributed by atoms with Crippen LogP contribution in [-0.4, -0.2) is 43.1 Å². The molecular weight excluding hydrogens is 316 g/mol. The van der Waals surface area contributed by atoms with Crippen molar-refractivity contribution in [1.29, 1.82) is 0 Å². The molecule has 0 unspecified atom stereocenters. The number of hydrogen-bond donors (Lipinski definition) is 2. The number of nitrogens with zero attached hydrogens (tertiary/aromatic N) is 2. The Morgan fingerprint density at radius 2 is 1.91 bits per heavy atom. The highest BCUT2D eigenvalue weighted by Crippen LogP contribution is 2.23. The van der Waals surface area contributed by atoms with Gasteiger partial charge in [-0.15, -0.1) is 11.3 Å². The lowest BCUT2D eigenvalue weighted by Gasteiger charge is -2.25. The first-order valence-electron chi connectivity index (χ1n) is 8.12. The molecule has 1 aliphatic carbocycles. The second-order valence-electron chi connectivity index (χ2n) is 5.89. The molecule has 0 bridgehead atoms. The van der Waals surface area contributed by atoms with E-state index >= 15 is 0 Å². The van der Waals surface area contributed by atoms with Crippen LogP contribution in [0.25, 0.3) is 0 Å². The average Bonchev–Trinajstić information content (AvgIpc) is 3.11. The number of nitrogens with one attached hydrogen (secondary N) is 2. The van der Waals surface area contributed by atoms with E-state index in [9.17, 15) is 9.59 Å². The molecule has 8 heteroatoms. The van der Waals surface area contributed by atoms with E-state index in [1.807, 2.05) is 0 Å². The molecule has 126 valence electrons. The quantitative estimate of drug-likeness (QED) is 0.812. The molecule has 0 atom stereocenters. The minimum atomic E-state index is -0.370. The predicted octanol–water partition coefficient (Wildman–Crippen LogP) is 1.32. The van der Waals surface area contributed by atoms with Crippen LogP contribution in [0.1, 0.15) is 42.6 Å². The first-order valence-corrected chi connectivity index (χ1v) is 9.00. The molecule has 1 aliphatic heterocycles. The van der Waals surface area contributed by atoms with Crippen molar-refractivity contribution in [3.8, 4) is 0 Å². The maximum absolute atomic E-state index is 12.1. The Hall–Kier alpha value is -1.67. The van der Waals surface area contributed by atoms with Crippen molar-refractivity contribution in [2.24, 2.45) is 5.92 Å². The largest absolute Gasteiger partial charge is 0.378 e. The van der Waals surface area contributed by atoms with Gasteiger partial charge in [-0.25, -0.2) is 4.98 Å². The molecule has 3 rings (SSSR count). The van der Waals surface area contributed by atoms with E-state index in [-0.39, 0.29) is 17.7 Å². The summed E-state index contributed by atoms with van der Waals surface area (Å²) in [5, 5.41) is 2.53. The van der Waals surface area contributed by atoms with Crippen molar-refractivity contribution < 1.29 is 14.3 Å². The Morgan fingerprint density at radius 1 is 1.17 bits per heavy atom. The van der Waals surface area contributed by atoms with Crippen LogP contribution in [0, 0.1) is 5.92 Å². The number of hydrazine groups is 1. The van der Waals surface area contributed by atoms with Crippen LogP contribution in [-0.2, 0) is 9.53 Å². The summed E-state index contributed by atoms with van der Waals surface area (Å²) < 4.78 is 5.31. The van der Waals surface area contributed by atoms with Crippen LogP contribution in [0.15, 0.2) is 5.38 Å². The van der Waals surface area contributed by atoms with E-state index in [2.05, 4.69) is 20.7 Å². The molecule has 1 aromatic heterocycles. The summed E-state index contributed by atoms with van der Waals surface area (Å²) in [6, 6.07) is 0.